The second-order valence-electron chi connectivity index (χ2n) is 11.5. The second kappa shape index (κ2) is 15.6. The SMILES string of the molecule is Cc1ccc2c(c1)c(CC(=O)NCCCCCCN(Cc1ccccn1)Cc1ccccn1)c(C)n2C(=O)c1ccc(Cl)cc1. The van der Waals surface area contributed by atoms with E-state index in [-0.39, 0.29) is 18.2 Å². The minimum absolute atomic E-state index is 0.0329. The third kappa shape index (κ3) is 8.65. The molecule has 0 fully saturated rings. The van der Waals surface area contributed by atoms with Crippen LogP contribution in [0.3, 0.4) is 0 Å². The number of benzene rings is 2. The van der Waals surface area contributed by atoms with Crippen LogP contribution in [-0.2, 0) is 24.3 Å². The van der Waals surface area contributed by atoms with Gasteiger partial charge in [-0.2, -0.15) is 0 Å². The monoisotopic (exact) mass is 621 g/mol. The smallest absolute Gasteiger partial charge is 0.262 e. The molecule has 0 atom stereocenters. The van der Waals surface area contributed by atoms with Crippen LogP contribution in [0.15, 0.2) is 91.3 Å². The van der Waals surface area contributed by atoms with Crippen LogP contribution in [0.2, 0.25) is 5.02 Å². The molecule has 5 rings (SSSR count). The van der Waals surface area contributed by atoms with E-state index in [4.69, 9.17) is 11.6 Å². The van der Waals surface area contributed by atoms with Crippen molar-refractivity contribution < 1.29 is 9.59 Å². The summed E-state index contributed by atoms with van der Waals surface area (Å²) in [4.78, 5) is 38.0. The highest BCUT2D eigenvalue weighted by atomic mass is 35.5. The van der Waals surface area contributed by atoms with Gasteiger partial charge < -0.3 is 5.32 Å². The molecule has 0 unspecified atom stereocenters. The molecule has 5 aromatic rings. The van der Waals surface area contributed by atoms with Gasteiger partial charge in [0.05, 0.1) is 23.3 Å². The summed E-state index contributed by atoms with van der Waals surface area (Å²) in [5.41, 5.74) is 6.21. The third-order valence-electron chi connectivity index (χ3n) is 8.07. The highest BCUT2D eigenvalue weighted by Crippen LogP contribution is 2.29. The number of unbranched alkanes of at least 4 members (excludes halogenated alkanes) is 3. The second-order valence-corrected chi connectivity index (χ2v) is 12.0. The van der Waals surface area contributed by atoms with Crippen LogP contribution < -0.4 is 5.32 Å². The Morgan fingerprint density at radius 1 is 0.822 bits per heavy atom. The quantitative estimate of drug-likeness (QED) is 0.132. The molecule has 0 spiro atoms. The molecule has 0 saturated heterocycles. The number of amides is 1. The van der Waals surface area contributed by atoms with Crippen LogP contribution in [0.4, 0.5) is 0 Å². The van der Waals surface area contributed by atoms with E-state index in [2.05, 4.69) is 38.4 Å². The maximum atomic E-state index is 13.5. The molecule has 2 aromatic carbocycles. The fourth-order valence-electron chi connectivity index (χ4n) is 5.72. The van der Waals surface area contributed by atoms with Gasteiger partial charge in [-0.3, -0.25) is 29.0 Å². The number of halogens is 1. The predicted molar refractivity (Wildman–Crippen MR) is 180 cm³/mol. The number of aryl methyl sites for hydroxylation is 1. The predicted octanol–water partition coefficient (Wildman–Crippen LogP) is 7.31. The summed E-state index contributed by atoms with van der Waals surface area (Å²) in [6.07, 6.45) is 7.99. The Hall–Kier alpha value is -4.33. The first-order chi connectivity index (χ1) is 21.9. The molecule has 7 nitrogen and oxygen atoms in total. The van der Waals surface area contributed by atoms with Crippen LogP contribution in [0.5, 0.6) is 0 Å². The van der Waals surface area contributed by atoms with Crippen molar-refractivity contribution in [2.45, 2.75) is 59.0 Å². The van der Waals surface area contributed by atoms with E-state index < -0.39 is 0 Å². The van der Waals surface area contributed by atoms with Gasteiger partial charge in [-0.25, -0.2) is 0 Å². The molecule has 45 heavy (non-hydrogen) atoms. The van der Waals surface area contributed by atoms with E-state index in [1.54, 1.807) is 28.8 Å². The van der Waals surface area contributed by atoms with Crippen LogP contribution in [0.25, 0.3) is 10.9 Å². The minimum Gasteiger partial charge on any atom is -0.356 e. The van der Waals surface area contributed by atoms with Crippen LogP contribution in [0.1, 0.15) is 64.2 Å². The molecule has 3 heterocycles. The van der Waals surface area contributed by atoms with Crippen LogP contribution in [0, 0.1) is 13.8 Å². The van der Waals surface area contributed by atoms with E-state index in [9.17, 15) is 9.59 Å². The van der Waals surface area contributed by atoms with E-state index in [1.807, 2.05) is 62.6 Å². The first kappa shape index (κ1) is 32.1. The number of aromatic nitrogens is 3. The van der Waals surface area contributed by atoms with Gasteiger partial charge in [0, 0.05) is 53.7 Å². The van der Waals surface area contributed by atoms with Crippen molar-refractivity contribution in [3.63, 3.8) is 0 Å². The minimum atomic E-state index is -0.136. The number of fused-ring (bicyclic) bond motifs is 1. The van der Waals surface area contributed by atoms with Crippen molar-refractivity contribution in [3.05, 3.63) is 130 Å². The van der Waals surface area contributed by atoms with E-state index in [0.29, 0.717) is 17.1 Å². The van der Waals surface area contributed by atoms with Gasteiger partial charge in [0.2, 0.25) is 5.91 Å². The molecule has 0 aliphatic rings. The van der Waals surface area contributed by atoms with Crippen molar-refractivity contribution in [2.24, 2.45) is 0 Å². The van der Waals surface area contributed by atoms with Gasteiger partial charge in [0.25, 0.3) is 5.91 Å². The topological polar surface area (TPSA) is 80.1 Å². The molecule has 0 bridgehead atoms. The lowest BCUT2D eigenvalue weighted by Gasteiger charge is -2.21. The van der Waals surface area contributed by atoms with Crippen molar-refractivity contribution >= 4 is 34.3 Å². The van der Waals surface area contributed by atoms with Crippen LogP contribution >= 0.6 is 11.6 Å². The third-order valence-corrected chi connectivity index (χ3v) is 8.32. The van der Waals surface area contributed by atoms with Gasteiger partial charge in [0.15, 0.2) is 0 Å². The van der Waals surface area contributed by atoms with Gasteiger partial charge in [-0.15, -0.1) is 0 Å². The zero-order chi connectivity index (χ0) is 31.6. The number of carbonyl (C=O) groups is 2. The largest absolute Gasteiger partial charge is 0.356 e. The molecule has 0 aliphatic carbocycles. The Kier molecular flexibility index (Phi) is 11.1. The first-order valence-corrected chi connectivity index (χ1v) is 16.0. The molecule has 0 aliphatic heterocycles. The Bertz CT molecular complexity index is 1680. The molecular formula is C37H40ClN5O2. The van der Waals surface area contributed by atoms with E-state index >= 15 is 0 Å². The van der Waals surface area contributed by atoms with E-state index in [1.165, 1.54) is 0 Å². The molecule has 1 N–H and O–H groups in total. The van der Waals surface area contributed by atoms with Gasteiger partial charge >= 0.3 is 0 Å². The summed E-state index contributed by atoms with van der Waals surface area (Å²) in [5, 5.41) is 4.62. The fourth-order valence-corrected chi connectivity index (χ4v) is 5.85. The van der Waals surface area contributed by atoms with Gasteiger partial charge in [-0.05, 0) is 99.5 Å². The zero-order valence-corrected chi connectivity index (χ0v) is 26.8. The average Bonchev–Trinajstić information content (AvgIpc) is 3.31. The summed E-state index contributed by atoms with van der Waals surface area (Å²) >= 11 is 6.04. The number of pyridine rings is 2. The van der Waals surface area contributed by atoms with Crippen molar-refractivity contribution in [3.8, 4) is 0 Å². The number of hydrogen-bond donors (Lipinski definition) is 1. The molecule has 0 radical (unpaired) electrons. The molecule has 1 amide bonds. The summed E-state index contributed by atoms with van der Waals surface area (Å²) in [7, 11) is 0. The fraction of sp³-hybridized carbons (Fsp3) is 0.297. The van der Waals surface area contributed by atoms with Gasteiger partial charge in [-0.1, -0.05) is 48.2 Å². The molecule has 0 saturated carbocycles. The first-order valence-electron chi connectivity index (χ1n) is 15.6. The summed E-state index contributed by atoms with van der Waals surface area (Å²) in [6, 6.07) is 25.0. The number of hydrogen-bond acceptors (Lipinski definition) is 5. The lowest BCUT2D eigenvalue weighted by atomic mass is 10.1. The number of carbonyl (C=O) groups excluding carboxylic acids is 2. The van der Waals surface area contributed by atoms with E-state index in [0.717, 1.165) is 84.4 Å². The maximum absolute atomic E-state index is 13.5. The summed E-state index contributed by atoms with van der Waals surface area (Å²) in [6.45, 7) is 7.09. The Morgan fingerprint density at radius 2 is 1.49 bits per heavy atom. The van der Waals surface area contributed by atoms with Crippen molar-refractivity contribution in [1.29, 1.82) is 0 Å². The normalized spacial score (nSPS) is 11.3. The molecule has 8 heteroatoms. The highest BCUT2D eigenvalue weighted by Gasteiger charge is 2.21. The average molecular weight is 622 g/mol. The van der Waals surface area contributed by atoms with Gasteiger partial charge in [0.1, 0.15) is 0 Å². The lowest BCUT2D eigenvalue weighted by Crippen LogP contribution is -2.26. The molecule has 3 aromatic heterocycles. The standard InChI is InChI=1S/C37H40ClN5O2/c1-27-13-18-35-34(23-27)33(28(2)43(35)37(45)29-14-16-30(38)17-15-29)24-36(44)41-21-7-3-4-10-22-42(25-31-11-5-8-19-39-31)26-32-12-6-9-20-40-32/h5-6,8-9,11-20,23H,3-4,7,10,21-22,24-26H2,1-2H3,(H,41,44). The Labute approximate surface area is 270 Å². The highest BCUT2D eigenvalue weighted by molar-refractivity contribution is 6.30. The number of rotatable bonds is 14. The Morgan fingerprint density at radius 3 is 2.13 bits per heavy atom. The van der Waals surface area contributed by atoms with Crippen molar-refractivity contribution in [1.82, 2.24) is 24.8 Å². The molecular weight excluding hydrogens is 582 g/mol. The number of nitrogens with one attached hydrogen (secondary N) is 1. The zero-order valence-electron chi connectivity index (χ0n) is 26.0. The van der Waals surface area contributed by atoms with Crippen LogP contribution in [-0.4, -0.2) is 44.3 Å². The van der Waals surface area contributed by atoms with Crippen molar-refractivity contribution in [2.75, 3.05) is 13.1 Å². The molecule has 232 valence electrons. The lowest BCUT2D eigenvalue weighted by molar-refractivity contribution is -0.120. The maximum Gasteiger partial charge on any atom is 0.262 e. The number of nitrogens with zero attached hydrogens (tertiary/aromatic N) is 4. The Balaban J connectivity index is 1.12. The summed E-state index contributed by atoms with van der Waals surface area (Å²) < 4.78 is 1.71. The summed E-state index contributed by atoms with van der Waals surface area (Å²) in [5.74, 6) is -0.169.